The monoisotopic (exact) mass is 312 g/mol. The molecule has 1 aromatic heterocycles. The van der Waals surface area contributed by atoms with Crippen LogP contribution >= 0.6 is 22.6 Å². The number of hydrogen-bond acceptors (Lipinski definition) is 2. The molecule has 0 aliphatic rings. The van der Waals surface area contributed by atoms with Crippen LogP contribution in [0.25, 0.3) is 0 Å². The van der Waals surface area contributed by atoms with Crippen molar-refractivity contribution in [3.05, 3.63) is 42.9 Å². The van der Waals surface area contributed by atoms with Gasteiger partial charge in [0.15, 0.2) is 3.84 Å². The van der Waals surface area contributed by atoms with Crippen molar-refractivity contribution in [2.45, 2.75) is 0 Å². The van der Waals surface area contributed by atoms with E-state index in [1.807, 2.05) is 40.8 Å². The standard InChI is InChI=1S/C10H9IN4/c1-2-13-10(11)15-8-12-7-9-5-3-4-6-14-9/h2-8H,1H2. The molecule has 15 heavy (non-hydrogen) atoms. The fourth-order valence-corrected chi connectivity index (χ4v) is 1.07. The van der Waals surface area contributed by atoms with Crippen molar-refractivity contribution < 1.29 is 0 Å². The van der Waals surface area contributed by atoms with E-state index >= 15 is 0 Å². The molecule has 0 aliphatic carbocycles. The van der Waals surface area contributed by atoms with E-state index in [4.69, 9.17) is 0 Å². The minimum Gasteiger partial charge on any atom is -0.255 e. The maximum Gasteiger partial charge on any atom is 0.192 e. The van der Waals surface area contributed by atoms with Gasteiger partial charge in [-0.1, -0.05) is 12.6 Å². The topological polar surface area (TPSA) is 50.0 Å². The third-order valence-corrected chi connectivity index (χ3v) is 1.88. The highest BCUT2D eigenvalue weighted by Gasteiger charge is 1.84. The summed E-state index contributed by atoms with van der Waals surface area (Å²) in [5.74, 6) is 0. The SMILES string of the molecule is C=CN=C(I)N=CN=Cc1ccccn1. The summed E-state index contributed by atoms with van der Waals surface area (Å²) in [4.78, 5) is 15.8. The Balaban J connectivity index is 2.54. The molecule has 4 nitrogen and oxygen atoms in total. The third kappa shape index (κ3) is 5.16. The summed E-state index contributed by atoms with van der Waals surface area (Å²) in [5.41, 5.74) is 0.791. The predicted molar refractivity (Wildman–Crippen MR) is 72.0 cm³/mol. The Morgan fingerprint density at radius 1 is 1.47 bits per heavy atom. The number of halogens is 1. The molecule has 0 aromatic carbocycles. The van der Waals surface area contributed by atoms with Crippen LogP contribution in [-0.2, 0) is 0 Å². The average molecular weight is 312 g/mol. The van der Waals surface area contributed by atoms with Crippen LogP contribution in [-0.4, -0.2) is 21.4 Å². The van der Waals surface area contributed by atoms with E-state index in [0.717, 1.165) is 5.69 Å². The second-order valence-corrected chi connectivity index (χ2v) is 3.32. The van der Waals surface area contributed by atoms with Crippen LogP contribution < -0.4 is 0 Å². The molecule has 0 spiro atoms. The number of amidine groups is 1. The molecule has 0 amide bonds. The fourth-order valence-electron chi connectivity index (χ4n) is 0.752. The lowest BCUT2D eigenvalue weighted by Gasteiger charge is -1.87. The Hall–Kier alpha value is -1.37. The lowest BCUT2D eigenvalue weighted by Crippen LogP contribution is -1.85. The van der Waals surface area contributed by atoms with Gasteiger partial charge in [-0.3, -0.25) is 4.98 Å². The second kappa shape index (κ2) is 6.99. The summed E-state index contributed by atoms with van der Waals surface area (Å²) in [7, 11) is 0. The maximum atomic E-state index is 4.07. The maximum absolute atomic E-state index is 4.07. The number of aromatic nitrogens is 1. The highest BCUT2D eigenvalue weighted by molar-refractivity contribution is 14.1. The number of pyridine rings is 1. The van der Waals surface area contributed by atoms with Crippen LogP contribution in [0, 0.1) is 0 Å². The molecular formula is C10H9IN4. The molecule has 0 atom stereocenters. The van der Waals surface area contributed by atoms with E-state index in [9.17, 15) is 0 Å². The van der Waals surface area contributed by atoms with E-state index in [2.05, 4.69) is 26.5 Å². The van der Waals surface area contributed by atoms with Crippen molar-refractivity contribution in [2.75, 3.05) is 0 Å². The van der Waals surface area contributed by atoms with E-state index in [1.54, 1.807) is 12.4 Å². The first kappa shape index (κ1) is 11.7. The largest absolute Gasteiger partial charge is 0.255 e. The Kier molecular flexibility index (Phi) is 5.46. The third-order valence-electron chi connectivity index (χ3n) is 1.32. The number of hydrogen-bond donors (Lipinski definition) is 0. The first-order chi connectivity index (χ1) is 7.33. The molecule has 0 fully saturated rings. The summed E-state index contributed by atoms with van der Waals surface area (Å²) in [6.45, 7) is 3.46. The van der Waals surface area contributed by atoms with Crippen molar-refractivity contribution in [1.29, 1.82) is 0 Å². The van der Waals surface area contributed by atoms with Crippen LogP contribution in [0.3, 0.4) is 0 Å². The average Bonchev–Trinajstić information content (AvgIpc) is 2.26. The summed E-state index contributed by atoms with van der Waals surface area (Å²) >= 11 is 1.99. The van der Waals surface area contributed by atoms with Gasteiger partial charge in [-0.15, -0.1) is 0 Å². The van der Waals surface area contributed by atoms with Crippen molar-refractivity contribution in [3.8, 4) is 0 Å². The van der Waals surface area contributed by atoms with Crippen molar-refractivity contribution >= 4 is 39.0 Å². The van der Waals surface area contributed by atoms with Gasteiger partial charge in [0.25, 0.3) is 0 Å². The molecular weight excluding hydrogens is 303 g/mol. The lowest BCUT2D eigenvalue weighted by molar-refractivity contribution is 1.30. The number of aliphatic imine (C=N–C) groups is 3. The van der Waals surface area contributed by atoms with Gasteiger partial charge in [0.1, 0.15) is 6.34 Å². The molecule has 0 saturated carbocycles. The fraction of sp³-hybridized carbons (Fsp3) is 0. The van der Waals surface area contributed by atoms with Crippen LogP contribution in [0.2, 0.25) is 0 Å². The Morgan fingerprint density at radius 2 is 2.33 bits per heavy atom. The molecule has 0 unspecified atom stereocenters. The van der Waals surface area contributed by atoms with Gasteiger partial charge in [-0.25, -0.2) is 15.0 Å². The van der Waals surface area contributed by atoms with Gasteiger partial charge < -0.3 is 0 Å². The Bertz CT molecular complexity index is 395. The second-order valence-electron chi connectivity index (χ2n) is 2.36. The van der Waals surface area contributed by atoms with Gasteiger partial charge >= 0.3 is 0 Å². The Morgan fingerprint density at radius 3 is 3.00 bits per heavy atom. The zero-order valence-corrected chi connectivity index (χ0v) is 10.1. The molecule has 0 N–H and O–H groups in total. The molecule has 1 rings (SSSR count). The van der Waals surface area contributed by atoms with Crippen molar-refractivity contribution in [1.82, 2.24) is 4.98 Å². The van der Waals surface area contributed by atoms with Crippen LogP contribution in [0.1, 0.15) is 5.69 Å². The first-order valence-electron chi connectivity index (χ1n) is 4.14. The van der Waals surface area contributed by atoms with Gasteiger partial charge in [-0.2, -0.15) is 0 Å². The predicted octanol–water partition coefficient (Wildman–Crippen LogP) is 2.46. The van der Waals surface area contributed by atoms with E-state index in [-0.39, 0.29) is 0 Å². The molecule has 0 radical (unpaired) electrons. The quantitative estimate of drug-likeness (QED) is 0.366. The Labute approximate surface area is 102 Å². The summed E-state index contributed by atoms with van der Waals surface area (Å²) in [6, 6.07) is 5.61. The van der Waals surface area contributed by atoms with Gasteiger partial charge in [0.05, 0.1) is 11.9 Å². The summed E-state index contributed by atoms with van der Waals surface area (Å²) in [6.07, 6.45) is 6.19. The summed E-state index contributed by atoms with van der Waals surface area (Å²) in [5, 5.41) is 0. The lowest BCUT2D eigenvalue weighted by atomic mass is 10.4. The smallest absolute Gasteiger partial charge is 0.192 e. The van der Waals surface area contributed by atoms with Crippen LogP contribution in [0.15, 0.2) is 52.2 Å². The normalized spacial score (nSPS) is 12.5. The summed E-state index contributed by atoms with van der Waals surface area (Å²) < 4.78 is 0.584. The van der Waals surface area contributed by atoms with Crippen LogP contribution in [0.5, 0.6) is 0 Å². The van der Waals surface area contributed by atoms with Gasteiger partial charge in [0.2, 0.25) is 0 Å². The molecule has 0 aliphatic heterocycles. The van der Waals surface area contributed by atoms with Crippen molar-refractivity contribution in [2.24, 2.45) is 15.0 Å². The minimum atomic E-state index is 0.584. The molecule has 1 heterocycles. The zero-order valence-electron chi connectivity index (χ0n) is 7.92. The van der Waals surface area contributed by atoms with E-state index in [1.165, 1.54) is 12.5 Å². The van der Waals surface area contributed by atoms with E-state index in [0.29, 0.717) is 3.84 Å². The first-order valence-corrected chi connectivity index (χ1v) is 5.22. The molecule has 0 bridgehead atoms. The van der Waals surface area contributed by atoms with Gasteiger partial charge in [0, 0.05) is 35.0 Å². The highest BCUT2D eigenvalue weighted by Crippen LogP contribution is 1.92. The number of nitrogens with zero attached hydrogens (tertiary/aromatic N) is 4. The molecule has 0 saturated heterocycles. The minimum absolute atomic E-state index is 0.584. The van der Waals surface area contributed by atoms with Crippen LogP contribution in [0.4, 0.5) is 0 Å². The molecule has 76 valence electrons. The molecule has 1 aromatic rings. The van der Waals surface area contributed by atoms with Crippen molar-refractivity contribution in [3.63, 3.8) is 0 Å². The zero-order chi connectivity index (χ0) is 10.9. The number of rotatable bonds is 3. The molecule has 5 heteroatoms. The van der Waals surface area contributed by atoms with Gasteiger partial charge in [-0.05, 0) is 12.1 Å². The van der Waals surface area contributed by atoms with E-state index < -0.39 is 0 Å². The highest BCUT2D eigenvalue weighted by atomic mass is 127.